The van der Waals surface area contributed by atoms with Gasteiger partial charge in [-0.05, 0) is 38.6 Å². The van der Waals surface area contributed by atoms with E-state index in [1.165, 1.54) is 0 Å². The minimum Gasteiger partial charge on any atom is -0.480 e. The molecule has 0 rings (SSSR count). The molecule has 1 atom stereocenters. The van der Waals surface area contributed by atoms with Crippen molar-refractivity contribution >= 4 is 5.97 Å². The van der Waals surface area contributed by atoms with Crippen LogP contribution < -0.4 is 5.32 Å². The molecule has 0 fully saturated rings. The number of hydrogen-bond donors (Lipinski definition) is 2. The van der Waals surface area contributed by atoms with Gasteiger partial charge in [0.25, 0.3) is 0 Å². The molecule has 0 aliphatic rings. The van der Waals surface area contributed by atoms with Crippen LogP contribution in [-0.4, -0.2) is 36.9 Å². The number of rotatable bonds is 10. The molecular formula is C13H27NO3. The number of likely N-dealkylation sites (N-methyl/N-ethyl adjacent to an activating group) is 1. The lowest BCUT2D eigenvalue weighted by atomic mass is 9.91. The Kier molecular flexibility index (Phi) is 8.17. The molecule has 0 heterocycles. The number of nitrogens with one attached hydrogen (secondary N) is 1. The summed E-state index contributed by atoms with van der Waals surface area (Å²) in [5.41, 5.74) is -0.790. The molecule has 4 nitrogen and oxygen atoms in total. The second-order valence-corrected chi connectivity index (χ2v) is 4.89. The third-order valence-corrected chi connectivity index (χ3v) is 3.22. The van der Waals surface area contributed by atoms with Gasteiger partial charge in [0.05, 0.1) is 0 Å². The highest BCUT2D eigenvalue weighted by atomic mass is 16.5. The van der Waals surface area contributed by atoms with E-state index in [0.29, 0.717) is 25.4 Å². The predicted molar refractivity (Wildman–Crippen MR) is 69.2 cm³/mol. The third kappa shape index (κ3) is 6.03. The topological polar surface area (TPSA) is 58.6 Å². The van der Waals surface area contributed by atoms with E-state index in [2.05, 4.69) is 19.2 Å². The van der Waals surface area contributed by atoms with Crippen molar-refractivity contribution in [1.29, 1.82) is 0 Å². The smallest absolute Gasteiger partial charge is 0.323 e. The summed E-state index contributed by atoms with van der Waals surface area (Å²) >= 11 is 0. The molecule has 0 saturated heterocycles. The van der Waals surface area contributed by atoms with Gasteiger partial charge in [0, 0.05) is 13.2 Å². The van der Waals surface area contributed by atoms with E-state index in [9.17, 15) is 9.90 Å². The lowest BCUT2D eigenvalue weighted by molar-refractivity contribution is -0.145. The summed E-state index contributed by atoms with van der Waals surface area (Å²) in [4.78, 5) is 11.2. The minimum atomic E-state index is -0.790. The largest absolute Gasteiger partial charge is 0.480 e. The van der Waals surface area contributed by atoms with Crippen LogP contribution in [0.15, 0.2) is 0 Å². The lowest BCUT2D eigenvalue weighted by Crippen LogP contribution is -2.49. The van der Waals surface area contributed by atoms with Crippen molar-refractivity contribution in [2.45, 2.75) is 52.0 Å². The Morgan fingerprint density at radius 2 is 2.06 bits per heavy atom. The van der Waals surface area contributed by atoms with E-state index >= 15 is 0 Å². The molecule has 0 spiro atoms. The van der Waals surface area contributed by atoms with Gasteiger partial charge in [0.15, 0.2) is 0 Å². The van der Waals surface area contributed by atoms with Crippen LogP contribution in [0.25, 0.3) is 0 Å². The highest BCUT2D eigenvalue weighted by Crippen LogP contribution is 2.17. The lowest BCUT2D eigenvalue weighted by Gasteiger charge is -2.27. The van der Waals surface area contributed by atoms with Crippen molar-refractivity contribution < 1.29 is 14.6 Å². The van der Waals surface area contributed by atoms with Gasteiger partial charge in [-0.15, -0.1) is 0 Å². The van der Waals surface area contributed by atoms with Crippen LogP contribution in [0.1, 0.15) is 46.5 Å². The number of ether oxygens (including phenoxy) is 1. The van der Waals surface area contributed by atoms with E-state index in [4.69, 9.17) is 4.74 Å². The van der Waals surface area contributed by atoms with Gasteiger partial charge in [-0.3, -0.25) is 4.79 Å². The van der Waals surface area contributed by atoms with E-state index in [0.717, 1.165) is 19.4 Å². The maximum Gasteiger partial charge on any atom is 0.323 e. The fraction of sp³-hybridized carbons (Fsp3) is 0.923. The minimum absolute atomic E-state index is 0.588. The van der Waals surface area contributed by atoms with Gasteiger partial charge in [-0.2, -0.15) is 0 Å². The van der Waals surface area contributed by atoms with Crippen LogP contribution in [0.4, 0.5) is 0 Å². The second kappa shape index (κ2) is 8.48. The van der Waals surface area contributed by atoms with Gasteiger partial charge in [0.2, 0.25) is 0 Å². The molecule has 0 aromatic rings. The summed E-state index contributed by atoms with van der Waals surface area (Å²) in [7, 11) is 1.71. The van der Waals surface area contributed by atoms with Crippen LogP contribution in [0.2, 0.25) is 0 Å². The predicted octanol–water partition coefficient (Wildman–Crippen LogP) is 2.28. The summed E-state index contributed by atoms with van der Waals surface area (Å²) in [6.07, 6.45) is 3.03. The Morgan fingerprint density at radius 3 is 2.47 bits per heavy atom. The first kappa shape index (κ1) is 16.4. The molecule has 0 saturated carbocycles. The molecule has 4 heteroatoms. The van der Waals surface area contributed by atoms with Crippen molar-refractivity contribution in [3.8, 4) is 0 Å². The van der Waals surface area contributed by atoms with Crippen molar-refractivity contribution in [2.24, 2.45) is 5.92 Å². The zero-order chi connectivity index (χ0) is 13.3. The fourth-order valence-electron chi connectivity index (χ4n) is 1.74. The Hall–Kier alpha value is -0.610. The van der Waals surface area contributed by atoms with E-state index in [1.54, 1.807) is 7.05 Å². The van der Waals surface area contributed by atoms with Gasteiger partial charge < -0.3 is 15.2 Å². The summed E-state index contributed by atoms with van der Waals surface area (Å²) in [5, 5.41) is 12.1. The third-order valence-electron chi connectivity index (χ3n) is 3.22. The Labute approximate surface area is 105 Å². The standard InChI is InChI=1S/C13H27NO3/c1-5-13(14-4,12(15)16)8-6-9-17-10-7-11(2)3/h11,14H,5-10H2,1-4H3,(H,15,16). The van der Waals surface area contributed by atoms with Gasteiger partial charge >= 0.3 is 5.97 Å². The second-order valence-electron chi connectivity index (χ2n) is 4.89. The number of carboxylic acid groups (broad SMARTS) is 1. The van der Waals surface area contributed by atoms with E-state index in [-0.39, 0.29) is 0 Å². The fourth-order valence-corrected chi connectivity index (χ4v) is 1.74. The summed E-state index contributed by atoms with van der Waals surface area (Å²) in [5.74, 6) is -0.120. The molecule has 0 radical (unpaired) electrons. The highest BCUT2D eigenvalue weighted by molar-refractivity contribution is 5.78. The molecule has 1 unspecified atom stereocenters. The molecule has 0 amide bonds. The van der Waals surface area contributed by atoms with Crippen molar-refractivity contribution in [3.05, 3.63) is 0 Å². The molecule has 0 aromatic carbocycles. The zero-order valence-corrected chi connectivity index (χ0v) is 11.6. The van der Waals surface area contributed by atoms with Gasteiger partial charge in [-0.25, -0.2) is 0 Å². The normalized spacial score (nSPS) is 14.9. The molecule has 0 aliphatic heterocycles. The van der Waals surface area contributed by atoms with Crippen molar-refractivity contribution in [1.82, 2.24) is 5.32 Å². The molecule has 0 aliphatic carbocycles. The Bertz CT molecular complexity index is 213. The first-order chi connectivity index (χ1) is 7.98. The number of hydrogen-bond acceptors (Lipinski definition) is 3. The van der Waals surface area contributed by atoms with Crippen LogP contribution in [0, 0.1) is 5.92 Å². The molecule has 102 valence electrons. The molecule has 17 heavy (non-hydrogen) atoms. The molecule has 0 aromatic heterocycles. The van der Waals surface area contributed by atoms with Gasteiger partial charge in [-0.1, -0.05) is 20.8 Å². The monoisotopic (exact) mass is 245 g/mol. The molecular weight excluding hydrogens is 218 g/mol. The SMILES string of the molecule is CCC(CCCOCCC(C)C)(NC)C(=O)O. The molecule has 0 bridgehead atoms. The summed E-state index contributed by atoms with van der Waals surface area (Å²) in [6.45, 7) is 7.63. The average Bonchev–Trinajstić information content (AvgIpc) is 2.28. The van der Waals surface area contributed by atoms with Crippen LogP contribution in [0.5, 0.6) is 0 Å². The maximum absolute atomic E-state index is 11.2. The van der Waals surface area contributed by atoms with Crippen molar-refractivity contribution in [3.63, 3.8) is 0 Å². The van der Waals surface area contributed by atoms with Crippen LogP contribution in [0.3, 0.4) is 0 Å². The number of carbonyl (C=O) groups is 1. The van der Waals surface area contributed by atoms with E-state index in [1.807, 2.05) is 6.92 Å². The first-order valence-electron chi connectivity index (χ1n) is 6.48. The highest BCUT2D eigenvalue weighted by Gasteiger charge is 2.33. The number of aliphatic carboxylic acids is 1. The zero-order valence-electron chi connectivity index (χ0n) is 11.6. The average molecular weight is 245 g/mol. The first-order valence-corrected chi connectivity index (χ1v) is 6.48. The summed E-state index contributed by atoms with van der Waals surface area (Å²) < 4.78 is 5.49. The van der Waals surface area contributed by atoms with Crippen molar-refractivity contribution in [2.75, 3.05) is 20.3 Å². The maximum atomic E-state index is 11.2. The van der Waals surface area contributed by atoms with E-state index < -0.39 is 11.5 Å². The Balaban J connectivity index is 3.80. The summed E-state index contributed by atoms with van der Waals surface area (Å²) in [6, 6.07) is 0. The van der Waals surface area contributed by atoms with Crippen LogP contribution >= 0.6 is 0 Å². The molecule has 2 N–H and O–H groups in total. The quantitative estimate of drug-likeness (QED) is 0.580. The Morgan fingerprint density at radius 1 is 1.41 bits per heavy atom. The number of carboxylic acids is 1. The van der Waals surface area contributed by atoms with Gasteiger partial charge in [0.1, 0.15) is 5.54 Å². The van der Waals surface area contributed by atoms with Crippen LogP contribution in [-0.2, 0) is 9.53 Å².